The molecule has 0 N–H and O–H groups in total. The van der Waals surface area contributed by atoms with Crippen molar-refractivity contribution in [1.82, 2.24) is 15.0 Å². The van der Waals surface area contributed by atoms with Gasteiger partial charge in [-0.05, 0) is 44.2 Å². The predicted molar refractivity (Wildman–Crippen MR) is 105 cm³/mol. The number of rotatable bonds is 6. The van der Waals surface area contributed by atoms with Crippen molar-refractivity contribution in [2.24, 2.45) is 0 Å². The Kier molecular flexibility index (Phi) is 5.63. The van der Waals surface area contributed by atoms with E-state index in [4.69, 9.17) is 14.0 Å². The molecule has 0 radical (unpaired) electrons. The van der Waals surface area contributed by atoms with Crippen LogP contribution in [0.25, 0.3) is 11.4 Å². The third-order valence-electron chi connectivity index (χ3n) is 4.30. The van der Waals surface area contributed by atoms with Crippen molar-refractivity contribution in [3.8, 4) is 22.9 Å². The Labute approximate surface area is 163 Å². The third kappa shape index (κ3) is 4.14. The Morgan fingerprint density at radius 3 is 2.36 bits per heavy atom. The maximum absolute atomic E-state index is 12.7. The molecule has 7 nitrogen and oxygen atoms in total. The molecule has 1 amide bonds. The number of hydrogen-bond donors (Lipinski definition) is 0. The van der Waals surface area contributed by atoms with Gasteiger partial charge in [-0.25, -0.2) is 0 Å². The second-order valence-electron chi connectivity index (χ2n) is 6.62. The first kappa shape index (κ1) is 19.4. The van der Waals surface area contributed by atoms with Crippen molar-refractivity contribution in [2.75, 3.05) is 21.3 Å². The molecule has 0 aliphatic carbocycles. The van der Waals surface area contributed by atoms with E-state index < -0.39 is 0 Å². The summed E-state index contributed by atoms with van der Waals surface area (Å²) in [7, 11) is 4.85. The maximum atomic E-state index is 12.7. The minimum Gasteiger partial charge on any atom is -0.493 e. The van der Waals surface area contributed by atoms with Crippen LogP contribution in [0.4, 0.5) is 0 Å². The van der Waals surface area contributed by atoms with E-state index in [-0.39, 0.29) is 12.5 Å². The van der Waals surface area contributed by atoms with Gasteiger partial charge in [0.05, 0.1) is 20.8 Å². The lowest BCUT2D eigenvalue weighted by Gasteiger charge is -2.15. The fraction of sp³-hybridized carbons (Fsp3) is 0.286. The number of aryl methyl sites for hydroxylation is 2. The molecule has 2 aromatic carbocycles. The highest BCUT2D eigenvalue weighted by Crippen LogP contribution is 2.31. The second kappa shape index (κ2) is 8.12. The second-order valence-corrected chi connectivity index (χ2v) is 6.62. The zero-order chi connectivity index (χ0) is 20.3. The number of aromatic nitrogens is 2. The standard InChI is InChI=1S/C21H23N3O4/c1-13-8-14(2)10-16(9-13)21(25)24(3)12-19-22-20(23-28-19)15-6-7-17(26-4)18(11-15)27-5/h6-11H,12H2,1-5H3. The summed E-state index contributed by atoms with van der Waals surface area (Å²) in [6, 6.07) is 11.1. The van der Waals surface area contributed by atoms with Gasteiger partial charge in [0.2, 0.25) is 11.7 Å². The fourth-order valence-electron chi connectivity index (χ4n) is 3.00. The van der Waals surface area contributed by atoms with Crippen LogP contribution in [0.1, 0.15) is 27.4 Å². The zero-order valence-electron chi connectivity index (χ0n) is 16.6. The van der Waals surface area contributed by atoms with Gasteiger partial charge in [-0.3, -0.25) is 4.79 Å². The van der Waals surface area contributed by atoms with Gasteiger partial charge in [-0.15, -0.1) is 0 Å². The first-order chi connectivity index (χ1) is 13.4. The Hall–Kier alpha value is -3.35. The summed E-state index contributed by atoms with van der Waals surface area (Å²) >= 11 is 0. The van der Waals surface area contributed by atoms with Crippen LogP contribution in [0.5, 0.6) is 11.5 Å². The average Bonchev–Trinajstić information content (AvgIpc) is 3.14. The summed E-state index contributed by atoms with van der Waals surface area (Å²) < 4.78 is 15.9. The normalized spacial score (nSPS) is 10.6. The van der Waals surface area contributed by atoms with Crippen LogP contribution in [0.15, 0.2) is 40.9 Å². The van der Waals surface area contributed by atoms with E-state index >= 15 is 0 Å². The van der Waals surface area contributed by atoms with Gasteiger partial charge in [-0.2, -0.15) is 4.98 Å². The summed E-state index contributed by atoms with van der Waals surface area (Å²) in [4.78, 5) is 18.6. The van der Waals surface area contributed by atoms with Crippen molar-refractivity contribution in [1.29, 1.82) is 0 Å². The van der Waals surface area contributed by atoms with Crippen molar-refractivity contribution in [3.63, 3.8) is 0 Å². The van der Waals surface area contributed by atoms with E-state index in [9.17, 15) is 4.79 Å². The van der Waals surface area contributed by atoms with Crippen LogP contribution in [-0.4, -0.2) is 42.2 Å². The molecule has 1 aromatic heterocycles. The molecule has 0 spiro atoms. The molecule has 0 aliphatic heterocycles. The molecule has 0 unspecified atom stereocenters. The lowest BCUT2D eigenvalue weighted by atomic mass is 10.1. The number of methoxy groups -OCH3 is 2. The predicted octanol–water partition coefficient (Wildman–Crippen LogP) is 3.64. The van der Waals surface area contributed by atoms with Crippen LogP contribution in [0.2, 0.25) is 0 Å². The van der Waals surface area contributed by atoms with E-state index in [1.165, 1.54) is 0 Å². The first-order valence-electron chi connectivity index (χ1n) is 8.80. The Morgan fingerprint density at radius 1 is 1.04 bits per heavy atom. The molecule has 1 heterocycles. The third-order valence-corrected chi connectivity index (χ3v) is 4.30. The molecular weight excluding hydrogens is 358 g/mol. The van der Waals surface area contributed by atoms with Crippen molar-refractivity contribution in [3.05, 3.63) is 59.0 Å². The van der Waals surface area contributed by atoms with E-state index in [1.54, 1.807) is 38.3 Å². The summed E-state index contributed by atoms with van der Waals surface area (Å²) in [5.41, 5.74) is 3.46. The number of carbonyl (C=O) groups is 1. The monoisotopic (exact) mass is 381 g/mol. The Bertz CT molecular complexity index is 977. The highest BCUT2D eigenvalue weighted by Gasteiger charge is 2.17. The molecule has 28 heavy (non-hydrogen) atoms. The fourth-order valence-corrected chi connectivity index (χ4v) is 3.00. The number of carbonyl (C=O) groups excluding carboxylic acids is 1. The summed E-state index contributed by atoms with van der Waals surface area (Å²) in [6.07, 6.45) is 0. The molecule has 0 atom stereocenters. The highest BCUT2D eigenvalue weighted by molar-refractivity contribution is 5.94. The van der Waals surface area contributed by atoms with E-state index in [0.717, 1.165) is 16.7 Å². The number of amides is 1. The number of ether oxygens (including phenoxy) is 2. The van der Waals surface area contributed by atoms with E-state index in [2.05, 4.69) is 10.1 Å². The first-order valence-corrected chi connectivity index (χ1v) is 8.80. The van der Waals surface area contributed by atoms with Crippen LogP contribution in [0.3, 0.4) is 0 Å². The molecule has 7 heteroatoms. The lowest BCUT2D eigenvalue weighted by molar-refractivity contribution is 0.0769. The highest BCUT2D eigenvalue weighted by atomic mass is 16.5. The van der Waals surface area contributed by atoms with Crippen molar-refractivity contribution < 1.29 is 18.8 Å². The molecule has 3 rings (SSSR count). The van der Waals surface area contributed by atoms with Gasteiger partial charge < -0.3 is 18.9 Å². The molecule has 146 valence electrons. The molecule has 0 aliphatic rings. The largest absolute Gasteiger partial charge is 0.493 e. The van der Waals surface area contributed by atoms with Crippen molar-refractivity contribution in [2.45, 2.75) is 20.4 Å². The lowest BCUT2D eigenvalue weighted by Crippen LogP contribution is -2.26. The van der Waals surface area contributed by atoms with Gasteiger partial charge in [0, 0.05) is 18.2 Å². The van der Waals surface area contributed by atoms with Gasteiger partial charge in [-0.1, -0.05) is 22.3 Å². The molecule has 0 saturated heterocycles. The van der Waals surface area contributed by atoms with E-state index in [0.29, 0.717) is 28.8 Å². The van der Waals surface area contributed by atoms with Gasteiger partial charge in [0.25, 0.3) is 5.91 Å². The summed E-state index contributed by atoms with van der Waals surface area (Å²) in [5, 5.41) is 4.01. The van der Waals surface area contributed by atoms with Crippen LogP contribution >= 0.6 is 0 Å². The smallest absolute Gasteiger partial charge is 0.254 e. The Morgan fingerprint density at radius 2 is 1.71 bits per heavy atom. The van der Waals surface area contributed by atoms with E-state index in [1.807, 2.05) is 38.1 Å². The number of nitrogens with zero attached hydrogens (tertiary/aromatic N) is 3. The van der Waals surface area contributed by atoms with Crippen molar-refractivity contribution >= 4 is 5.91 Å². The minimum absolute atomic E-state index is 0.0994. The summed E-state index contributed by atoms with van der Waals surface area (Å²) in [6.45, 7) is 4.15. The SMILES string of the molecule is COc1ccc(-c2noc(CN(C)C(=O)c3cc(C)cc(C)c3)n2)cc1OC. The van der Waals surface area contributed by atoms with Crippen LogP contribution in [0, 0.1) is 13.8 Å². The molecular formula is C21H23N3O4. The number of hydrogen-bond acceptors (Lipinski definition) is 6. The number of benzene rings is 2. The quantitative estimate of drug-likeness (QED) is 0.649. The average molecular weight is 381 g/mol. The molecule has 3 aromatic rings. The van der Waals surface area contributed by atoms with Gasteiger partial charge in [0.15, 0.2) is 11.5 Å². The maximum Gasteiger partial charge on any atom is 0.254 e. The summed E-state index contributed by atoms with van der Waals surface area (Å²) in [5.74, 6) is 1.87. The van der Waals surface area contributed by atoms with Gasteiger partial charge >= 0.3 is 0 Å². The topological polar surface area (TPSA) is 77.7 Å². The molecule has 0 saturated carbocycles. The van der Waals surface area contributed by atoms with Gasteiger partial charge in [0.1, 0.15) is 0 Å². The Balaban J connectivity index is 1.76. The molecule has 0 bridgehead atoms. The van der Waals surface area contributed by atoms with Crippen LogP contribution in [-0.2, 0) is 6.54 Å². The minimum atomic E-state index is -0.0994. The zero-order valence-corrected chi connectivity index (χ0v) is 16.6. The van der Waals surface area contributed by atoms with Crippen LogP contribution < -0.4 is 9.47 Å². The molecule has 0 fully saturated rings.